The predicted octanol–water partition coefficient (Wildman–Crippen LogP) is 5.22. The van der Waals surface area contributed by atoms with Gasteiger partial charge in [-0.1, -0.05) is 16.8 Å². The predicted molar refractivity (Wildman–Crippen MR) is 105 cm³/mol. The minimum absolute atomic E-state index is 0.0497. The monoisotopic (exact) mass is 472 g/mol. The normalized spacial score (nSPS) is 21.2. The van der Waals surface area contributed by atoms with Crippen LogP contribution in [0.2, 0.25) is 5.02 Å². The van der Waals surface area contributed by atoms with Crippen LogP contribution in [-0.4, -0.2) is 28.4 Å². The summed E-state index contributed by atoms with van der Waals surface area (Å²) in [5.41, 5.74) is 3.71. The summed E-state index contributed by atoms with van der Waals surface area (Å²) in [6, 6.07) is 3.20. The lowest BCUT2D eigenvalue weighted by atomic mass is 9.86. The first-order valence-electron chi connectivity index (χ1n) is 9.14. The molecular formula is C20H14ClF5N4O2. The smallest absolute Gasteiger partial charge is 0.411 e. The Labute approximate surface area is 182 Å². The molecule has 0 aliphatic carbocycles. The zero-order chi connectivity index (χ0) is 23.3. The van der Waals surface area contributed by atoms with Crippen LogP contribution in [0, 0.1) is 11.6 Å². The summed E-state index contributed by atoms with van der Waals surface area (Å²) in [5, 5.41) is 3.85. The van der Waals surface area contributed by atoms with E-state index in [0.717, 1.165) is 12.1 Å². The van der Waals surface area contributed by atoms with Crippen molar-refractivity contribution in [2.24, 2.45) is 10.7 Å². The summed E-state index contributed by atoms with van der Waals surface area (Å²) in [7, 11) is 0. The third-order valence-electron chi connectivity index (χ3n) is 4.95. The number of benzene rings is 1. The molecule has 3 heterocycles. The van der Waals surface area contributed by atoms with Crippen LogP contribution in [0.3, 0.4) is 0 Å². The number of pyridine rings is 1. The van der Waals surface area contributed by atoms with Crippen molar-refractivity contribution >= 4 is 17.6 Å². The van der Waals surface area contributed by atoms with Crippen molar-refractivity contribution in [2.45, 2.75) is 31.2 Å². The highest BCUT2D eigenvalue weighted by molar-refractivity contribution is 6.30. The number of aliphatic imine (C=N–C) groups is 1. The molecule has 2 N–H and O–H groups in total. The van der Waals surface area contributed by atoms with Gasteiger partial charge in [-0.3, -0.25) is 0 Å². The summed E-state index contributed by atoms with van der Waals surface area (Å²) < 4.78 is 79.1. The van der Waals surface area contributed by atoms with E-state index in [1.54, 1.807) is 0 Å². The van der Waals surface area contributed by atoms with E-state index in [1.807, 2.05) is 0 Å². The quantitative estimate of drug-likeness (QED) is 0.528. The van der Waals surface area contributed by atoms with Gasteiger partial charge >= 0.3 is 6.18 Å². The van der Waals surface area contributed by atoms with E-state index in [9.17, 15) is 22.0 Å². The van der Waals surface area contributed by atoms with Gasteiger partial charge in [0.2, 0.25) is 0 Å². The highest BCUT2D eigenvalue weighted by atomic mass is 35.5. The number of nitrogens with zero attached hydrogens (tertiary/aromatic N) is 3. The molecule has 32 heavy (non-hydrogen) atoms. The minimum Gasteiger partial charge on any atom is -0.454 e. The molecule has 0 spiro atoms. The van der Waals surface area contributed by atoms with Gasteiger partial charge in [-0.15, -0.1) is 0 Å². The molecule has 6 nitrogen and oxygen atoms in total. The highest BCUT2D eigenvalue weighted by Crippen LogP contribution is 2.41. The van der Waals surface area contributed by atoms with Crippen molar-refractivity contribution in [2.75, 3.05) is 0 Å². The van der Waals surface area contributed by atoms with Gasteiger partial charge in [0.25, 0.3) is 6.02 Å². The third kappa shape index (κ3) is 4.12. The van der Waals surface area contributed by atoms with Gasteiger partial charge in [-0.25, -0.2) is 18.8 Å². The maximum Gasteiger partial charge on any atom is 0.411 e. The van der Waals surface area contributed by atoms with Gasteiger partial charge in [-0.2, -0.15) is 13.2 Å². The van der Waals surface area contributed by atoms with Crippen molar-refractivity contribution in [1.82, 2.24) is 10.1 Å². The van der Waals surface area contributed by atoms with Gasteiger partial charge in [0.1, 0.15) is 22.8 Å². The largest absolute Gasteiger partial charge is 0.454 e. The fourth-order valence-electron chi connectivity index (χ4n) is 3.43. The van der Waals surface area contributed by atoms with Crippen LogP contribution in [0.1, 0.15) is 18.9 Å². The minimum atomic E-state index is -4.68. The molecule has 0 saturated carbocycles. The van der Waals surface area contributed by atoms with E-state index < -0.39 is 41.9 Å². The maximum absolute atomic E-state index is 14.7. The first-order valence-corrected chi connectivity index (χ1v) is 9.51. The Morgan fingerprint density at radius 3 is 2.59 bits per heavy atom. The molecule has 0 radical (unpaired) electrons. The van der Waals surface area contributed by atoms with Crippen molar-refractivity contribution in [3.63, 3.8) is 0 Å². The van der Waals surface area contributed by atoms with Crippen LogP contribution in [0.5, 0.6) is 0 Å². The first-order chi connectivity index (χ1) is 15.0. The summed E-state index contributed by atoms with van der Waals surface area (Å²) in [6.45, 7) is 1.29. The van der Waals surface area contributed by atoms with E-state index in [0.29, 0.717) is 0 Å². The Kier molecular flexibility index (Phi) is 5.32. The second-order valence-corrected chi connectivity index (χ2v) is 7.75. The lowest BCUT2D eigenvalue weighted by Crippen LogP contribution is -2.46. The standard InChI is InChI=1S/C20H14ClF5N4O2/c1-19(7-16(20(24,25)26)29-18(27)31-19)11-4-9(2-3-12(11)22)15-6-14(30-32-15)17-13(23)5-10(21)8-28-17/h2-6,8,16H,7H2,1H3,(H2,27,29)/t16-,19-/m0/s1. The zero-order valence-corrected chi connectivity index (χ0v) is 17.0. The average molecular weight is 473 g/mol. The van der Waals surface area contributed by atoms with Crippen LogP contribution in [0.15, 0.2) is 46.0 Å². The van der Waals surface area contributed by atoms with Crippen molar-refractivity contribution in [3.05, 3.63) is 58.7 Å². The Morgan fingerprint density at radius 2 is 1.91 bits per heavy atom. The lowest BCUT2D eigenvalue weighted by Gasteiger charge is -2.37. The molecule has 12 heteroatoms. The number of halogens is 6. The summed E-state index contributed by atoms with van der Waals surface area (Å²) in [4.78, 5) is 7.15. The van der Waals surface area contributed by atoms with E-state index in [1.165, 1.54) is 31.3 Å². The Hall–Kier alpha value is -3.21. The number of alkyl halides is 3. The van der Waals surface area contributed by atoms with E-state index in [4.69, 9.17) is 26.6 Å². The van der Waals surface area contributed by atoms with E-state index >= 15 is 0 Å². The molecule has 0 fully saturated rings. The van der Waals surface area contributed by atoms with Gasteiger partial charge in [0.05, 0.1) is 5.02 Å². The SMILES string of the molecule is C[C@@]1(c2cc(-c3cc(-c4ncc(Cl)cc4F)no3)ccc2F)C[C@@H](C(F)(F)F)N=C(N)O1. The van der Waals surface area contributed by atoms with Crippen LogP contribution >= 0.6 is 11.6 Å². The maximum atomic E-state index is 14.7. The van der Waals surface area contributed by atoms with E-state index in [2.05, 4.69) is 15.1 Å². The zero-order valence-electron chi connectivity index (χ0n) is 16.3. The number of ether oxygens (including phenoxy) is 1. The first kappa shape index (κ1) is 22.0. The lowest BCUT2D eigenvalue weighted by molar-refractivity contribution is -0.164. The molecule has 0 bridgehead atoms. The summed E-state index contributed by atoms with van der Waals surface area (Å²) in [5.74, 6) is -1.43. The second kappa shape index (κ2) is 7.73. The summed E-state index contributed by atoms with van der Waals surface area (Å²) >= 11 is 5.69. The molecule has 0 unspecified atom stereocenters. The molecule has 4 rings (SSSR count). The number of hydrogen-bond donors (Lipinski definition) is 1. The Balaban J connectivity index is 1.71. The van der Waals surface area contributed by atoms with Crippen molar-refractivity contribution in [3.8, 4) is 22.7 Å². The average Bonchev–Trinajstić information content (AvgIpc) is 3.16. The molecule has 1 aromatic carbocycles. The second-order valence-electron chi connectivity index (χ2n) is 7.32. The van der Waals surface area contributed by atoms with Crippen LogP contribution in [-0.2, 0) is 10.3 Å². The molecule has 2 aromatic heterocycles. The van der Waals surface area contributed by atoms with E-state index in [-0.39, 0.29) is 33.3 Å². The van der Waals surface area contributed by atoms with Crippen LogP contribution in [0.4, 0.5) is 22.0 Å². The van der Waals surface area contributed by atoms with Crippen molar-refractivity contribution in [1.29, 1.82) is 0 Å². The number of rotatable bonds is 3. The summed E-state index contributed by atoms with van der Waals surface area (Å²) in [6.07, 6.45) is -4.13. The van der Waals surface area contributed by atoms with Crippen molar-refractivity contribution < 1.29 is 31.2 Å². The molecule has 1 aliphatic rings. The fourth-order valence-corrected chi connectivity index (χ4v) is 3.58. The van der Waals surface area contributed by atoms with Gasteiger partial charge < -0.3 is 15.0 Å². The number of hydrogen-bond acceptors (Lipinski definition) is 6. The molecule has 0 amide bonds. The number of amidine groups is 1. The Morgan fingerprint density at radius 1 is 1.16 bits per heavy atom. The number of aromatic nitrogens is 2. The van der Waals surface area contributed by atoms with Crippen LogP contribution < -0.4 is 5.73 Å². The molecule has 2 atom stereocenters. The molecule has 0 saturated heterocycles. The molecule has 168 valence electrons. The third-order valence-corrected chi connectivity index (χ3v) is 5.16. The molecule has 1 aliphatic heterocycles. The molecule has 3 aromatic rings. The molecular weight excluding hydrogens is 459 g/mol. The topological polar surface area (TPSA) is 86.5 Å². The van der Waals surface area contributed by atoms with Crippen LogP contribution in [0.25, 0.3) is 22.7 Å². The van der Waals surface area contributed by atoms with Gasteiger partial charge in [-0.05, 0) is 31.2 Å². The Bertz CT molecular complexity index is 1210. The van der Waals surface area contributed by atoms with Gasteiger partial charge in [0.15, 0.2) is 17.6 Å². The fraction of sp³-hybridized carbons (Fsp3) is 0.250. The number of nitrogens with two attached hydrogens (primary N) is 1. The highest BCUT2D eigenvalue weighted by Gasteiger charge is 2.49. The van der Waals surface area contributed by atoms with Gasteiger partial charge in [0, 0.05) is 29.8 Å².